The van der Waals surface area contributed by atoms with Crippen LogP contribution in [0.3, 0.4) is 0 Å². The molecule has 1 fully saturated rings. The molecule has 2 heterocycles. The van der Waals surface area contributed by atoms with Crippen LogP contribution in [0.25, 0.3) is 0 Å². The van der Waals surface area contributed by atoms with Crippen molar-refractivity contribution in [2.75, 3.05) is 38.5 Å². The van der Waals surface area contributed by atoms with E-state index in [4.69, 9.17) is 0 Å². The van der Waals surface area contributed by atoms with Crippen LogP contribution in [0.5, 0.6) is 0 Å². The highest BCUT2D eigenvalue weighted by Gasteiger charge is 2.21. The topological polar surface area (TPSA) is 61.4 Å². The third kappa shape index (κ3) is 3.86. The Morgan fingerprint density at radius 2 is 1.83 bits per heavy atom. The van der Waals surface area contributed by atoms with E-state index in [1.807, 2.05) is 29.2 Å². The fourth-order valence-electron chi connectivity index (χ4n) is 2.39. The molecule has 23 heavy (non-hydrogen) atoms. The molecule has 2 aromatic rings. The van der Waals surface area contributed by atoms with Gasteiger partial charge >= 0.3 is 0 Å². The number of nitrogens with one attached hydrogen (secondary N) is 1. The maximum absolute atomic E-state index is 12.4. The van der Waals surface area contributed by atoms with Gasteiger partial charge in [-0.2, -0.15) is 0 Å². The Kier molecular flexibility index (Phi) is 4.88. The largest absolute Gasteiger partial charge is 0.338 e. The highest BCUT2D eigenvalue weighted by Crippen LogP contribution is 2.24. The van der Waals surface area contributed by atoms with Gasteiger partial charge in [0.15, 0.2) is 11.5 Å². The maximum atomic E-state index is 12.4. The Balaban J connectivity index is 1.67. The summed E-state index contributed by atoms with van der Waals surface area (Å²) >= 11 is 3.47. The van der Waals surface area contributed by atoms with Crippen molar-refractivity contribution in [3.63, 3.8) is 0 Å². The van der Waals surface area contributed by atoms with Crippen LogP contribution < -0.4 is 5.32 Å². The number of piperazine rings is 1. The minimum Gasteiger partial charge on any atom is -0.338 e. The van der Waals surface area contributed by atoms with E-state index < -0.39 is 0 Å². The fraction of sp³-hybridized carbons (Fsp3) is 0.312. The van der Waals surface area contributed by atoms with E-state index >= 15 is 0 Å². The monoisotopic (exact) mass is 375 g/mol. The van der Waals surface area contributed by atoms with E-state index in [9.17, 15) is 4.79 Å². The van der Waals surface area contributed by atoms with E-state index in [0.29, 0.717) is 11.5 Å². The molecule has 0 spiro atoms. The SMILES string of the molecule is CN1CCN(C(=O)c2ccc(Nc3ccccc3Br)nn2)CC1. The zero-order valence-corrected chi connectivity index (χ0v) is 14.5. The number of carbonyl (C=O) groups excluding carboxylic acids is 1. The number of anilines is 2. The predicted octanol–water partition coefficient (Wildman–Crippen LogP) is 2.37. The number of likely N-dealkylation sites (N-methyl/N-ethyl adjacent to an activating group) is 1. The minimum absolute atomic E-state index is 0.0574. The third-order valence-corrected chi connectivity index (χ3v) is 4.50. The molecule has 7 heteroatoms. The summed E-state index contributed by atoms with van der Waals surface area (Å²) in [6.45, 7) is 3.24. The standard InChI is InChI=1S/C16H18BrN5O/c1-21-8-10-22(11-9-21)16(23)14-6-7-15(20-19-14)18-13-5-3-2-4-12(13)17/h2-7H,8-11H2,1H3,(H,18,20). The molecule has 0 aliphatic carbocycles. The number of hydrogen-bond acceptors (Lipinski definition) is 5. The Bertz CT molecular complexity index is 683. The van der Waals surface area contributed by atoms with Gasteiger partial charge in [-0.15, -0.1) is 10.2 Å². The molecule has 120 valence electrons. The van der Waals surface area contributed by atoms with Gasteiger partial charge in [0.2, 0.25) is 0 Å². The van der Waals surface area contributed by atoms with E-state index in [1.54, 1.807) is 12.1 Å². The number of benzene rings is 1. The second kappa shape index (κ2) is 7.06. The third-order valence-electron chi connectivity index (χ3n) is 3.81. The molecule has 0 bridgehead atoms. The molecule has 3 rings (SSSR count). The van der Waals surface area contributed by atoms with Gasteiger partial charge in [0.25, 0.3) is 5.91 Å². The van der Waals surface area contributed by atoms with Gasteiger partial charge in [-0.1, -0.05) is 12.1 Å². The minimum atomic E-state index is -0.0574. The van der Waals surface area contributed by atoms with Crippen molar-refractivity contribution in [3.05, 3.63) is 46.6 Å². The van der Waals surface area contributed by atoms with Crippen molar-refractivity contribution < 1.29 is 4.79 Å². The Morgan fingerprint density at radius 3 is 2.48 bits per heavy atom. The first-order chi connectivity index (χ1) is 11.1. The summed E-state index contributed by atoms with van der Waals surface area (Å²) in [7, 11) is 2.06. The normalized spacial score (nSPS) is 15.5. The van der Waals surface area contributed by atoms with Crippen molar-refractivity contribution in [2.24, 2.45) is 0 Å². The lowest BCUT2D eigenvalue weighted by Crippen LogP contribution is -2.47. The highest BCUT2D eigenvalue weighted by atomic mass is 79.9. The van der Waals surface area contributed by atoms with E-state index in [2.05, 4.69) is 43.4 Å². The molecule has 1 saturated heterocycles. The van der Waals surface area contributed by atoms with Crippen molar-refractivity contribution in [3.8, 4) is 0 Å². The molecule has 1 amide bonds. The number of hydrogen-bond donors (Lipinski definition) is 1. The number of amides is 1. The molecule has 0 saturated carbocycles. The summed E-state index contributed by atoms with van der Waals surface area (Å²) in [6.07, 6.45) is 0. The molecule has 1 aromatic heterocycles. The molecule has 0 radical (unpaired) electrons. The number of rotatable bonds is 3. The first-order valence-electron chi connectivity index (χ1n) is 7.46. The zero-order valence-electron chi connectivity index (χ0n) is 12.9. The van der Waals surface area contributed by atoms with Gasteiger partial charge in [0, 0.05) is 30.7 Å². The maximum Gasteiger partial charge on any atom is 0.274 e. The molecule has 1 aliphatic heterocycles. The van der Waals surface area contributed by atoms with Gasteiger partial charge in [-0.25, -0.2) is 0 Å². The first-order valence-corrected chi connectivity index (χ1v) is 8.26. The van der Waals surface area contributed by atoms with Crippen LogP contribution in [-0.2, 0) is 0 Å². The van der Waals surface area contributed by atoms with Crippen LogP contribution >= 0.6 is 15.9 Å². The van der Waals surface area contributed by atoms with Gasteiger partial charge in [0.1, 0.15) is 0 Å². The Morgan fingerprint density at radius 1 is 1.09 bits per heavy atom. The summed E-state index contributed by atoms with van der Waals surface area (Å²) in [4.78, 5) is 16.4. The smallest absolute Gasteiger partial charge is 0.274 e. The van der Waals surface area contributed by atoms with E-state index in [0.717, 1.165) is 36.3 Å². The Labute approximate surface area is 143 Å². The van der Waals surface area contributed by atoms with Crippen molar-refractivity contribution in [1.82, 2.24) is 20.0 Å². The van der Waals surface area contributed by atoms with E-state index in [-0.39, 0.29) is 5.91 Å². The molecule has 6 nitrogen and oxygen atoms in total. The number of nitrogens with zero attached hydrogens (tertiary/aromatic N) is 4. The summed E-state index contributed by atoms with van der Waals surface area (Å²) < 4.78 is 0.944. The predicted molar refractivity (Wildman–Crippen MR) is 92.9 cm³/mol. The van der Waals surface area contributed by atoms with Crippen LogP contribution in [0.1, 0.15) is 10.5 Å². The average Bonchev–Trinajstić information content (AvgIpc) is 2.58. The van der Waals surface area contributed by atoms with Gasteiger partial charge < -0.3 is 15.1 Å². The summed E-state index contributed by atoms with van der Waals surface area (Å²) in [5, 5.41) is 11.3. The van der Waals surface area contributed by atoms with Crippen molar-refractivity contribution in [1.29, 1.82) is 0 Å². The molecular weight excluding hydrogens is 358 g/mol. The molecule has 1 N–H and O–H groups in total. The van der Waals surface area contributed by atoms with Crippen LogP contribution in [0, 0.1) is 0 Å². The van der Waals surface area contributed by atoms with Gasteiger partial charge in [-0.3, -0.25) is 4.79 Å². The summed E-state index contributed by atoms with van der Waals surface area (Å²) in [5.41, 5.74) is 1.28. The number of para-hydroxylation sites is 1. The first kappa shape index (κ1) is 15.9. The van der Waals surface area contributed by atoms with Crippen LogP contribution in [0.2, 0.25) is 0 Å². The fourth-order valence-corrected chi connectivity index (χ4v) is 2.77. The van der Waals surface area contributed by atoms with E-state index in [1.165, 1.54) is 0 Å². The van der Waals surface area contributed by atoms with Crippen LogP contribution in [0.15, 0.2) is 40.9 Å². The lowest BCUT2D eigenvalue weighted by Gasteiger charge is -2.32. The number of halogens is 1. The van der Waals surface area contributed by atoms with Crippen molar-refractivity contribution >= 4 is 33.3 Å². The second-order valence-electron chi connectivity index (χ2n) is 5.50. The molecular formula is C16H18BrN5O. The number of carbonyl (C=O) groups is 1. The summed E-state index contributed by atoms with van der Waals surface area (Å²) in [5.74, 6) is 0.546. The lowest BCUT2D eigenvalue weighted by molar-refractivity contribution is 0.0657. The lowest BCUT2D eigenvalue weighted by atomic mass is 10.2. The molecule has 1 aromatic carbocycles. The average molecular weight is 376 g/mol. The van der Waals surface area contributed by atoms with Gasteiger partial charge in [0.05, 0.1) is 5.69 Å². The number of aromatic nitrogens is 2. The van der Waals surface area contributed by atoms with Crippen molar-refractivity contribution in [2.45, 2.75) is 0 Å². The Hall–Kier alpha value is -1.99. The second-order valence-corrected chi connectivity index (χ2v) is 6.36. The van der Waals surface area contributed by atoms with Crippen LogP contribution in [0.4, 0.5) is 11.5 Å². The zero-order chi connectivity index (χ0) is 16.2. The summed E-state index contributed by atoms with van der Waals surface area (Å²) in [6, 6.07) is 11.3. The highest BCUT2D eigenvalue weighted by molar-refractivity contribution is 9.10. The van der Waals surface area contributed by atoms with Crippen LogP contribution in [-0.4, -0.2) is 59.1 Å². The molecule has 1 aliphatic rings. The molecule has 0 atom stereocenters. The quantitative estimate of drug-likeness (QED) is 0.891. The van der Waals surface area contributed by atoms with Gasteiger partial charge in [-0.05, 0) is 47.2 Å². The molecule has 0 unspecified atom stereocenters.